The van der Waals surface area contributed by atoms with Gasteiger partial charge in [0.1, 0.15) is 0 Å². The van der Waals surface area contributed by atoms with Gasteiger partial charge in [0.25, 0.3) is 5.91 Å². The van der Waals surface area contributed by atoms with Crippen molar-refractivity contribution in [2.75, 3.05) is 14.2 Å². The van der Waals surface area contributed by atoms with Crippen molar-refractivity contribution in [1.29, 1.82) is 0 Å². The number of hydroxylamine groups is 2. The van der Waals surface area contributed by atoms with Crippen LogP contribution in [0.25, 0.3) is 0 Å². The number of carbonyl (C=O) groups excluding carboxylic acids is 1. The van der Waals surface area contributed by atoms with Gasteiger partial charge in [-0.3, -0.25) is 9.63 Å². The van der Waals surface area contributed by atoms with Crippen LogP contribution in [0.2, 0.25) is 0 Å². The Morgan fingerprint density at radius 1 is 1.33 bits per heavy atom. The molecule has 116 valence electrons. The Morgan fingerprint density at radius 2 is 2.00 bits per heavy atom. The van der Waals surface area contributed by atoms with E-state index < -0.39 is 15.9 Å². The lowest BCUT2D eigenvalue weighted by Gasteiger charge is -2.15. The van der Waals surface area contributed by atoms with Crippen molar-refractivity contribution >= 4 is 15.9 Å². The van der Waals surface area contributed by atoms with Crippen LogP contribution in [0.3, 0.4) is 0 Å². The minimum atomic E-state index is -3.59. The quantitative estimate of drug-likeness (QED) is 0.837. The average molecular weight is 312 g/mol. The number of rotatable bonds is 5. The summed E-state index contributed by atoms with van der Waals surface area (Å²) >= 11 is 0. The summed E-state index contributed by atoms with van der Waals surface area (Å²) in [5, 5.41) is 1.05. The fourth-order valence-corrected chi connectivity index (χ4v) is 3.74. The Kier molecular flexibility index (Phi) is 4.97. The summed E-state index contributed by atoms with van der Waals surface area (Å²) in [6, 6.07) is 5.97. The molecular weight excluding hydrogens is 292 g/mol. The summed E-state index contributed by atoms with van der Waals surface area (Å²) in [4.78, 5) is 16.9. The van der Waals surface area contributed by atoms with Gasteiger partial charge in [0.15, 0.2) is 0 Å². The third kappa shape index (κ3) is 3.81. The smallest absolute Gasteiger partial charge is 0.274 e. The molecule has 6 nitrogen and oxygen atoms in total. The monoisotopic (exact) mass is 312 g/mol. The predicted molar refractivity (Wildman–Crippen MR) is 78.1 cm³/mol. The molecule has 7 heteroatoms. The first-order valence-corrected chi connectivity index (χ1v) is 8.37. The Labute approximate surface area is 125 Å². The summed E-state index contributed by atoms with van der Waals surface area (Å²) in [5.41, 5.74) is 0.272. The van der Waals surface area contributed by atoms with Crippen molar-refractivity contribution in [3.8, 4) is 0 Å². The topological polar surface area (TPSA) is 75.7 Å². The average Bonchev–Trinajstić information content (AvgIpc) is 2.98. The second-order valence-electron chi connectivity index (χ2n) is 5.12. The molecule has 0 saturated heterocycles. The molecule has 2 rings (SSSR count). The van der Waals surface area contributed by atoms with Gasteiger partial charge in [-0.15, -0.1) is 0 Å². The highest BCUT2D eigenvalue weighted by atomic mass is 32.2. The number of benzene rings is 1. The zero-order valence-corrected chi connectivity index (χ0v) is 13.0. The first kappa shape index (κ1) is 15.9. The van der Waals surface area contributed by atoms with E-state index in [0.29, 0.717) is 0 Å². The Balaban J connectivity index is 2.21. The fourth-order valence-electron chi connectivity index (χ4n) is 2.39. The number of hydrogen-bond acceptors (Lipinski definition) is 4. The molecule has 0 bridgehead atoms. The number of sulfonamides is 1. The zero-order chi connectivity index (χ0) is 15.5. The van der Waals surface area contributed by atoms with E-state index in [1.165, 1.54) is 26.3 Å². The summed E-state index contributed by atoms with van der Waals surface area (Å²) in [6.07, 6.45) is 3.82. The standard InChI is InChI=1S/C14H20N2O4S/c1-16(20-2)14(17)11-6-5-9-13(10-11)21(18,19)15-12-7-3-4-8-12/h5-6,9-10,12,15H,3-4,7-8H2,1-2H3. The second kappa shape index (κ2) is 6.55. The first-order chi connectivity index (χ1) is 9.94. The molecule has 1 N–H and O–H groups in total. The minimum absolute atomic E-state index is 0.00370. The molecule has 0 radical (unpaired) electrons. The highest BCUT2D eigenvalue weighted by Crippen LogP contribution is 2.21. The molecule has 1 aliphatic carbocycles. The molecule has 1 saturated carbocycles. The van der Waals surface area contributed by atoms with Gasteiger partial charge in [0, 0.05) is 18.7 Å². The van der Waals surface area contributed by atoms with Gasteiger partial charge < -0.3 is 0 Å². The van der Waals surface area contributed by atoms with Gasteiger partial charge >= 0.3 is 0 Å². The molecule has 0 atom stereocenters. The SMILES string of the molecule is CON(C)C(=O)c1cccc(S(=O)(=O)NC2CCCC2)c1. The number of nitrogens with one attached hydrogen (secondary N) is 1. The fraction of sp³-hybridized carbons (Fsp3) is 0.500. The van der Waals surface area contributed by atoms with Crippen LogP contribution in [-0.2, 0) is 14.9 Å². The first-order valence-electron chi connectivity index (χ1n) is 6.88. The van der Waals surface area contributed by atoms with Crippen molar-refractivity contribution in [1.82, 2.24) is 9.79 Å². The summed E-state index contributed by atoms with van der Waals surface area (Å²) < 4.78 is 27.4. The molecular formula is C14H20N2O4S. The number of amides is 1. The maximum atomic E-state index is 12.3. The summed E-state index contributed by atoms with van der Waals surface area (Å²) in [7, 11) is -0.746. The zero-order valence-electron chi connectivity index (χ0n) is 12.2. The van der Waals surface area contributed by atoms with Crippen LogP contribution < -0.4 is 4.72 Å². The van der Waals surface area contributed by atoms with Gasteiger partial charge in [-0.25, -0.2) is 18.2 Å². The predicted octanol–water partition coefficient (Wildman–Crippen LogP) is 1.54. The maximum Gasteiger partial charge on any atom is 0.277 e. The van der Waals surface area contributed by atoms with Crippen molar-refractivity contribution in [2.45, 2.75) is 36.6 Å². The van der Waals surface area contributed by atoms with E-state index in [0.717, 1.165) is 30.7 Å². The summed E-state index contributed by atoms with van der Waals surface area (Å²) in [6.45, 7) is 0. The number of nitrogens with zero attached hydrogens (tertiary/aromatic N) is 1. The van der Waals surface area contributed by atoms with Crippen molar-refractivity contribution in [3.63, 3.8) is 0 Å². The van der Waals surface area contributed by atoms with E-state index >= 15 is 0 Å². The van der Waals surface area contributed by atoms with Crippen LogP contribution in [0.15, 0.2) is 29.2 Å². The van der Waals surface area contributed by atoms with Gasteiger partial charge in [0.05, 0.1) is 12.0 Å². The third-order valence-corrected chi connectivity index (χ3v) is 5.15. The third-order valence-electron chi connectivity index (χ3n) is 3.63. The highest BCUT2D eigenvalue weighted by molar-refractivity contribution is 7.89. The van der Waals surface area contributed by atoms with Gasteiger partial charge in [-0.05, 0) is 31.0 Å². The lowest BCUT2D eigenvalue weighted by molar-refractivity contribution is -0.0757. The molecule has 0 aliphatic heterocycles. The molecule has 1 aliphatic rings. The van der Waals surface area contributed by atoms with E-state index in [9.17, 15) is 13.2 Å². The van der Waals surface area contributed by atoms with Crippen LogP contribution in [0.1, 0.15) is 36.0 Å². The Bertz CT molecular complexity index is 609. The van der Waals surface area contributed by atoms with Crippen molar-refractivity contribution < 1.29 is 18.0 Å². The van der Waals surface area contributed by atoms with Gasteiger partial charge in [-0.1, -0.05) is 18.9 Å². The Hall–Kier alpha value is -1.44. The van der Waals surface area contributed by atoms with E-state index in [4.69, 9.17) is 4.84 Å². The van der Waals surface area contributed by atoms with Crippen LogP contribution in [0, 0.1) is 0 Å². The van der Waals surface area contributed by atoms with E-state index in [-0.39, 0.29) is 16.5 Å². The normalized spacial score (nSPS) is 16.1. The highest BCUT2D eigenvalue weighted by Gasteiger charge is 2.23. The lowest BCUT2D eigenvalue weighted by Crippen LogP contribution is -2.33. The number of carbonyl (C=O) groups is 1. The van der Waals surface area contributed by atoms with E-state index in [1.807, 2.05) is 0 Å². The molecule has 1 fully saturated rings. The molecule has 1 aromatic rings. The Morgan fingerprint density at radius 3 is 2.62 bits per heavy atom. The molecule has 0 aromatic heterocycles. The van der Waals surface area contributed by atoms with Gasteiger partial charge in [0.2, 0.25) is 10.0 Å². The molecule has 21 heavy (non-hydrogen) atoms. The van der Waals surface area contributed by atoms with E-state index in [2.05, 4.69) is 4.72 Å². The van der Waals surface area contributed by atoms with E-state index in [1.54, 1.807) is 12.1 Å². The molecule has 1 amide bonds. The van der Waals surface area contributed by atoms with Crippen molar-refractivity contribution in [2.24, 2.45) is 0 Å². The van der Waals surface area contributed by atoms with Crippen LogP contribution in [0.4, 0.5) is 0 Å². The van der Waals surface area contributed by atoms with Crippen LogP contribution >= 0.6 is 0 Å². The van der Waals surface area contributed by atoms with Crippen molar-refractivity contribution in [3.05, 3.63) is 29.8 Å². The summed E-state index contributed by atoms with van der Waals surface area (Å²) in [5.74, 6) is -0.393. The molecule has 0 spiro atoms. The maximum absolute atomic E-state index is 12.3. The number of hydrogen-bond donors (Lipinski definition) is 1. The molecule has 0 heterocycles. The largest absolute Gasteiger partial charge is 0.277 e. The van der Waals surface area contributed by atoms with Gasteiger partial charge in [-0.2, -0.15) is 0 Å². The molecule has 0 unspecified atom stereocenters. The van der Waals surface area contributed by atoms with Crippen LogP contribution in [-0.4, -0.2) is 39.6 Å². The minimum Gasteiger partial charge on any atom is -0.274 e. The molecule has 1 aromatic carbocycles. The lowest BCUT2D eigenvalue weighted by atomic mass is 10.2. The van der Waals surface area contributed by atoms with Crippen LogP contribution in [0.5, 0.6) is 0 Å². The second-order valence-corrected chi connectivity index (χ2v) is 6.83.